The maximum Gasteiger partial charge on any atom is 1.00 e. The summed E-state index contributed by atoms with van der Waals surface area (Å²) in [6.07, 6.45) is 15.8. The number of aromatic nitrogens is 5. The van der Waals surface area contributed by atoms with E-state index in [4.69, 9.17) is 50.0 Å². The van der Waals surface area contributed by atoms with Crippen LogP contribution in [0.5, 0.6) is 0 Å². The summed E-state index contributed by atoms with van der Waals surface area (Å²) >= 11 is 0. The number of carbonyl (C=O) groups excluding carboxylic acids is 7. The molecule has 1 fully saturated rings. The first-order valence-electron chi connectivity index (χ1n) is 23.6. The molecule has 88 heavy (non-hydrogen) atoms. The number of rotatable bonds is 22. The van der Waals surface area contributed by atoms with Crippen LogP contribution >= 0.6 is 37.2 Å². The van der Waals surface area contributed by atoms with Gasteiger partial charge in [0.05, 0.1) is 68.9 Å². The van der Waals surface area contributed by atoms with Gasteiger partial charge >= 0.3 is 128 Å². The van der Waals surface area contributed by atoms with Crippen molar-refractivity contribution in [2.24, 2.45) is 5.73 Å². The molecule has 6 rings (SSSR count). The molecule has 4 radical (unpaired) electrons. The number of halogens is 3. The van der Waals surface area contributed by atoms with Gasteiger partial charge in [0.2, 0.25) is 5.91 Å². The standard InChI is InChI=1S/C9H9NO2S.C6H11BNO3.C6H7BNO2.C6H5N3O.C4H6BO3.C4H6BO2.C4H6N2O.C4H8O.C2H7NO.CH2O3.CH4O.Al.3ClH.2K.Li.5H/c1-8-2-4-9(5-3-8)13(11,12)7-6-10;1-8(11-2)6(10)3-4-7-5-9;9-4-7-2-1-6-3-8-5-10-6;10-9-6-4-2-1-3-5(6)7-8-9;6-3-5-2-1-4(7)8;6-3-1-2-5-4-7;5-1-4-2-6-3-7-4;1-2-4-5-3-1;1-3-4-2;2-1-4-3;1-2;;;;;;;;;;;;/h2-5H,7H2,1H3;5H,3-4H2,1-2H3;3-5H,1-2H2;1-4,10H;3H,1-2H2,(H,7,8);3-4H,1-2H2;2-3H,1,5H2;1-4H2;3H,1-2H3;1,3H;2H,1H3;;3*1H;;;;;;;;/q;;;;;;;;;;;;;;;3*+1;;;;2*-1/p-1. The first-order chi connectivity index (χ1) is 39.0. The summed E-state index contributed by atoms with van der Waals surface area (Å²) in [6.45, 7) is 4.13. The van der Waals surface area contributed by atoms with Crippen LogP contribution in [0.3, 0.4) is 0 Å². The number of nitrogens with two attached hydrogens (primary N) is 1. The molecule has 6 N–H and O–H groups in total. The Balaban J connectivity index is -0.0000000595. The Morgan fingerprint density at radius 3 is 1.68 bits per heavy atom. The average molecular weight is 1380 g/mol. The fourth-order valence-corrected chi connectivity index (χ4v) is 5.21. The number of benzene rings is 2. The number of oxazole rings is 2. The number of ether oxygens (including phenoxy) is 1. The summed E-state index contributed by atoms with van der Waals surface area (Å²) < 4.78 is 37.3. The number of amides is 1. The smallest absolute Gasteiger partial charge is 1.00 e. The fourth-order valence-electron chi connectivity index (χ4n) is 4.32. The van der Waals surface area contributed by atoms with Gasteiger partial charge in [0.25, 0.3) is 6.47 Å². The number of carbonyl (C=O) groups is 8. The second-order valence-corrected chi connectivity index (χ2v) is 16.1. The van der Waals surface area contributed by atoms with E-state index in [1.807, 2.05) is 19.1 Å². The molecule has 3 aromatic heterocycles. The number of hydrogen-bond donors (Lipinski definition) is 5. The predicted octanol–water partition coefficient (Wildman–Crippen LogP) is -8.08. The van der Waals surface area contributed by atoms with E-state index >= 15 is 0 Å². The van der Waals surface area contributed by atoms with E-state index in [0.29, 0.717) is 67.9 Å². The quantitative estimate of drug-likeness (QED) is 0.0107. The van der Waals surface area contributed by atoms with Crippen molar-refractivity contribution in [3.8, 4) is 6.07 Å². The average Bonchev–Trinajstić information content (AvgIpc) is 4.37. The zero-order valence-corrected chi connectivity index (χ0v) is 59.7. The maximum atomic E-state index is 11.3. The molecule has 1 aliphatic heterocycles. The number of aliphatic hydroxyl groups is 1. The normalized spacial score (nSPS) is 9.00. The van der Waals surface area contributed by atoms with Gasteiger partial charge in [-0.2, -0.15) is 5.26 Å². The van der Waals surface area contributed by atoms with Crippen LogP contribution in [0, 0.1) is 18.3 Å². The molecule has 1 saturated heterocycles. The SMILES string of the molecule is C1CCOC1.CNOC.CO.CON(C)C(=O)CC[B]C=O.Cc1ccc(S(=O)(=O)CC#N)cc1.Cl.Cl.Cl.NCc1cnco1.O=CO[O-].O=C[B]CCC(=O)O.O=C[B]CCC=O.O=C[B]CCc1cnco1.On1nnc2ccccc21.[AlH3].[H-].[H-].[K+].[K+].[Li+]. The Bertz CT molecular complexity index is 2460. The topological polar surface area (TPSA) is 439 Å². The molecule has 1 amide bonds. The van der Waals surface area contributed by atoms with E-state index in [0.717, 1.165) is 72.5 Å². The van der Waals surface area contributed by atoms with Gasteiger partial charge in [-0.05, 0) is 55.7 Å². The molecule has 2 aromatic carbocycles. The minimum absolute atomic E-state index is 0. The second-order valence-electron chi connectivity index (χ2n) is 14.1. The Morgan fingerprint density at radius 1 is 0.852 bits per heavy atom. The number of fused-ring (bicyclic) bond motifs is 1. The molecule has 0 bridgehead atoms. The molecule has 0 spiro atoms. The van der Waals surface area contributed by atoms with Crippen molar-refractivity contribution in [3.63, 3.8) is 0 Å². The first kappa shape index (κ1) is 113. The first-order valence-corrected chi connectivity index (χ1v) is 25.3. The molecule has 4 heterocycles. The number of para-hydroxylation sites is 1. The summed E-state index contributed by atoms with van der Waals surface area (Å²) in [6, 6.07) is 15.3. The summed E-state index contributed by atoms with van der Waals surface area (Å²) in [5.41, 5.74) is 9.91. The number of aliphatic hydroxyl groups excluding tert-OH is 1. The van der Waals surface area contributed by atoms with Crippen LogP contribution in [0.1, 0.15) is 52.0 Å². The number of hydroxylamine groups is 3. The maximum absolute atomic E-state index is 11.3. The van der Waals surface area contributed by atoms with E-state index in [-0.39, 0.29) is 203 Å². The van der Waals surface area contributed by atoms with Crippen LogP contribution in [0.15, 0.2) is 87.4 Å². The number of carboxylic acid groups (broad SMARTS) is 1. The summed E-state index contributed by atoms with van der Waals surface area (Å²) in [4.78, 5) is 97.4. The summed E-state index contributed by atoms with van der Waals surface area (Å²) in [7, 11) is 9.51. The van der Waals surface area contributed by atoms with E-state index in [9.17, 15) is 42.0 Å². The Kier molecular flexibility index (Phi) is 114. The van der Waals surface area contributed by atoms with Crippen LogP contribution < -0.4 is 138 Å². The predicted molar refractivity (Wildman–Crippen MR) is 330 cm³/mol. The fraction of sp³-hybridized carbons (Fsp3) is 0.426. The third-order valence-electron chi connectivity index (χ3n) is 8.28. The largest absolute Gasteiger partial charge is 1.00 e. The van der Waals surface area contributed by atoms with Crippen LogP contribution in [0.2, 0.25) is 25.3 Å². The number of nitriles is 1. The van der Waals surface area contributed by atoms with Crippen molar-refractivity contribution in [1.29, 1.82) is 5.26 Å². The van der Waals surface area contributed by atoms with Gasteiger partial charge in [-0.1, -0.05) is 60.0 Å². The van der Waals surface area contributed by atoms with Crippen LogP contribution in [-0.2, 0) is 80.5 Å². The van der Waals surface area contributed by atoms with Gasteiger partial charge in [0.1, 0.15) is 34.6 Å². The molecule has 0 atom stereocenters. The van der Waals surface area contributed by atoms with Crippen molar-refractivity contribution in [3.05, 3.63) is 90.8 Å². The molecule has 0 aliphatic carbocycles. The molecular formula is C47H78AlB4Cl3K2LiN9O20S. The Labute approximate surface area is 646 Å². The van der Waals surface area contributed by atoms with Crippen molar-refractivity contribution < 1.29 is 220 Å². The van der Waals surface area contributed by atoms with E-state index in [2.05, 4.69) is 40.3 Å². The number of hydrogen-bond acceptors (Lipinski definition) is 26. The molecule has 41 heteroatoms. The van der Waals surface area contributed by atoms with Gasteiger partial charge in [-0.25, -0.2) is 28.9 Å². The van der Waals surface area contributed by atoms with Gasteiger partial charge < -0.3 is 76.5 Å². The van der Waals surface area contributed by atoms with Gasteiger partial charge in [-0.3, -0.25) is 19.2 Å². The third kappa shape index (κ3) is 77.8. The van der Waals surface area contributed by atoms with Crippen molar-refractivity contribution >= 4 is 154 Å². The van der Waals surface area contributed by atoms with Crippen LogP contribution in [0.4, 0.5) is 0 Å². The molecule has 0 unspecified atom stereocenters. The Morgan fingerprint density at radius 2 is 1.32 bits per heavy atom. The molecule has 476 valence electrons. The molecule has 0 saturated carbocycles. The number of nitrogens with one attached hydrogen (secondary N) is 1. The van der Waals surface area contributed by atoms with Crippen LogP contribution in [-0.4, -0.2) is 204 Å². The second kappa shape index (κ2) is 88.7. The van der Waals surface area contributed by atoms with Crippen LogP contribution in [0.25, 0.3) is 11.0 Å². The summed E-state index contributed by atoms with van der Waals surface area (Å²) in [5.74, 6) is 0.0718. The van der Waals surface area contributed by atoms with E-state index < -0.39 is 21.6 Å². The number of carboxylic acids is 1. The molecule has 1 aliphatic rings. The van der Waals surface area contributed by atoms with Gasteiger partial charge in [-0.15, -0.1) is 42.3 Å². The number of aliphatic carboxylic acids is 1. The third-order valence-corrected chi connectivity index (χ3v) is 9.78. The minimum atomic E-state index is -3.39. The molecule has 5 aromatic rings. The summed E-state index contributed by atoms with van der Waals surface area (Å²) in [5, 5.41) is 48.9. The minimum Gasteiger partial charge on any atom is -1.00 e. The Hall–Kier alpha value is -2.49. The van der Waals surface area contributed by atoms with Crippen molar-refractivity contribution in [2.45, 2.75) is 82.2 Å². The zero-order valence-electron chi connectivity index (χ0n) is 52.2. The zero-order chi connectivity index (χ0) is 62.2. The molecule has 29 nitrogen and oxygen atoms in total. The van der Waals surface area contributed by atoms with Crippen molar-refractivity contribution in [2.75, 3.05) is 54.4 Å². The van der Waals surface area contributed by atoms with Gasteiger partial charge in [0.15, 0.2) is 69.1 Å². The van der Waals surface area contributed by atoms with Gasteiger partial charge in [0, 0.05) is 53.7 Å². The molecular weight excluding hydrogens is 1300 g/mol. The van der Waals surface area contributed by atoms with E-state index in [1.165, 1.54) is 73.8 Å². The number of nitrogens with zero attached hydrogens (tertiary/aromatic N) is 7. The number of aldehydes is 1. The van der Waals surface area contributed by atoms with E-state index in [1.54, 1.807) is 64.2 Å². The monoisotopic (exact) mass is 1380 g/mol. The number of aryl methyl sites for hydroxylation is 2. The number of sulfone groups is 1. The van der Waals surface area contributed by atoms with Crippen molar-refractivity contribution in [1.82, 2.24) is 35.7 Å².